The molecule has 0 bridgehead atoms. The Bertz CT molecular complexity index is 647. The molecule has 0 atom stereocenters. The molecule has 1 aliphatic rings. The third-order valence-electron chi connectivity index (χ3n) is 3.73. The molecule has 2 N–H and O–H groups in total. The SMILES string of the molecule is O=C(COc1ccccc1OCC(F)(F)F)NC1(C(=O)O)CCSCC1. The van der Waals surface area contributed by atoms with Crippen molar-refractivity contribution in [1.29, 1.82) is 0 Å². The minimum atomic E-state index is -4.50. The Hall–Kier alpha value is -2.10. The number of carboxylic acid groups (broad SMARTS) is 1. The van der Waals surface area contributed by atoms with Gasteiger partial charge in [0.05, 0.1) is 0 Å². The van der Waals surface area contributed by atoms with Crippen molar-refractivity contribution in [2.24, 2.45) is 0 Å². The van der Waals surface area contributed by atoms with E-state index in [4.69, 9.17) is 4.74 Å². The second-order valence-corrected chi connectivity index (χ2v) is 6.91. The molecule has 10 heteroatoms. The summed E-state index contributed by atoms with van der Waals surface area (Å²) < 4.78 is 46.7. The van der Waals surface area contributed by atoms with Crippen molar-refractivity contribution in [2.45, 2.75) is 24.6 Å². The number of ether oxygens (including phenoxy) is 2. The minimum Gasteiger partial charge on any atom is -0.480 e. The summed E-state index contributed by atoms with van der Waals surface area (Å²) in [6.45, 7) is -2.02. The molecule has 1 fully saturated rings. The summed E-state index contributed by atoms with van der Waals surface area (Å²) in [5, 5.41) is 11.9. The van der Waals surface area contributed by atoms with Crippen LogP contribution in [0.5, 0.6) is 11.5 Å². The molecule has 0 aromatic heterocycles. The molecule has 1 saturated heterocycles. The van der Waals surface area contributed by atoms with Crippen LogP contribution in [-0.4, -0.2) is 53.4 Å². The van der Waals surface area contributed by atoms with Crippen molar-refractivity contribution >= 4 is 23.6 Å². The van der Waals surface area contributed by atoms with E-state index in [0.29, 0.717) is 24.3 Å². The van der Waals surface area contributed by atoms with Gasteiger partial charge in [-0.15, -0.1) is 0 Å². The van der Waals surface area contributed by atoms with Gasteiger partial charge in [0.2, 0.25) is 0 Å². The standard InChI is InChI=1S/C16H18F3NO5S/c17-16(18,19)10-25-12-4-2-1-3-11(12)24-9-13(21)20-15(14(22)23)5-7-26-8-6-15/h1-4H,5-10H2,(H,20,21)(H,22,23). The molecule has 26 heavy (non-hydrogen) atoms. The molecule has 144 valence electrons. The van der Waals surface area contributed by atoms with Crippen molar-refractivity contribution in [3.05, 3.63) is 24.3 Å². The summed E-state index contributed by atoms with van der Waals surface area (Å²) in [7, 11) is 0. The Morgan fingerprint density at radius 3 is 2.27 bits per heavy atom. The average molecular weight is 393 g/mol. The zero-order chi connectivity index (χ0) is 19.2. The van der Waals surface area contributed by atoms with Gasteiger partial charge < -0.3 is 19.9 Å². The van der Waals surface area contributed by atoms with Crippen LogP contribution in [0.15, 0.2) is 24.3 Å². The minimum absolute atomic E-state index is 0.0320. The number of aliphatic carboxylic acids is 1. The van der Waals surface area contributed by atoms with E-state index in [-0.39, 0.29) is 11.5 Å². The summed E-state index contributed by atoms with van der Waals surface area (Å²) >= 11 is 1.61. The Labute approximate surface area is 152 Å². The van der Waals surface area contributed by atoms with E-state index >= 15 is 0 Å². The van der Waals surface area contributed by atoms with E-state index in [0.717, 1.165) is 0 Å². The van der Waals surface area contributed by atoms with Crippen molar-refractivity contribution in [3.63, 3.8) is 0 Å². The highest BCUT2D eigenvalue weighted by Crippen LogP contribution is 2.29. The predicted molar refractivity (Wildman–Crippen MR) is 88.6 cm³/mol. The lowest BCUT2D eigenvalue weighted by molar-refractivity contribution is -0.153. The highest BCUT2D eigenvalue weighted by molar-refractivity contribution is 7.99. The molecule has 1 aliphatic heterocycles. The molecule has 1 heterocycles. The number of alkyl halides is 3. The quantitative estimate of drug-likeness (QED) is 0.740. The van der Waals surface area contributed by atoms with Gasteiger partial charge in [-0.3, -0.25) is 4.79 Å². The van der Waals surface area contributed by atoms with Gasteiger partial charge in [0.15, 0.2) is 24.7 Å². The van der Waals surface area contributed by atoms with E-state index in [2.05, 4.69) is 10.1 Å². The number of para-hydroxylation sites is 2. The Balaban J connectivity index is 1.95. The van der Waals surface area contributed by atoms with Crippen LogP contribution in [0.4, 0.5) is 13.2 Å². The fourth-order valence-corrected chi connectivity index (χ4v) is 3.60. The number of carboxylic acids is 1. The lowest BCUT2D eigenvalue weighted by atomic mass is 9.92. The molecule has 0 radical (unpaired) electrons. The maximum absolute atomic E-state index is 12.3. The first-order chi connectivity index (χ1) is 12.2. The average Bonchev–Trinajstić information content (AvgIpc) is 2.59. The third kappa shape index (κ3) is 5.72. The van der Waals surface area contributed by atoms with Crippen molar-refractivity contribution in [1.82, 2.24) is 5.32 Å². The van der Waals surface area contributed by atoms with E-state index in [9.17, 15) is 27.9 Å². The molecular formula is C16H18F3NO5S. The van der Waals surface area contributed by atoms with Crippen LogP contribution in [0, 0.1) is 0 Å². The largest absolute Gasteiger partial charge is 0.480 e. The van der Waals surface area contributed by atoms with E-state index in [1.165, 1.54) is 24.3 Å². The molecule has 2 rings (SSSR count). The smallest absolute Gasteiger partial charge is 0.422 e. The number of hydrogen-bond donors (Lipinski definition) is 2. The van der Waals surface area contributed by atoms with Gasteiger partial charge in [-0.25, -0.2) is 4.79 Å². The summed E-state index contributed by atoms with van der Waals surface area (Å²) in [5.74, 6) is -0.733. The van der Waals surface area contributed by atoms with Gasteiger partial charge in [0, 0.05) is 0 Å². The molecule has 1 aromatic carbocycles. The first kappa shape index (κ1) is 20.2. The first-order valence-electron chi connectivity index (χ1n) is 7.75. The molecule has 0 saturated carbocycles. The number of benzene rings is 1. The van der Waals surface area contributed by atoms with Crippen LogP contribution >= 0.6 is 11.8 Å². The number of thioether (sulfide) groups is 1. The van der Waals surface area contributed by atoms with Crippen LogP contribution in [0.1, 0.15) is 12.8 Å². The zero-order valence-electron chi connectivity index (χ0n) is 13.7. The normalized spacial score (nSPS) is 16.6. The van der Waals surface area contributed by atoms with Crippen molar-refractivity contribution < 1.29 is 37.3 Å². The third-order valence-corrected chi connectivity index (χ3v) is 4.72. The molecule has 0 unspecified atom stereocenters. The second kappa shape index (κ2) is 8.52. The van der Waals surface area contributed by atoms with E-state index < -0.39 is 36.8 Å². The number of rotatable bonds is 7. The summed E-state index contributed by atoms with van der Waals surface area (Å²) in [6.07, 6.45) is -3.91. The van der Waals surface area contributed by atoms with Crippen LogP contribution in [-0.2, 0) is 9.59 Å². The maximum Gasteiger partial charge on any atom is 0.422 e. The van der Waals surface area contributed by atoms with Gasteiger partial charge in [-0.05, 0) is 36.5 Å². The Kier molecular flexibility index (Phi) is 6.63. The molecule has 6 nitrogen and oxygen atoms in total. The van der Waals surface area contributed by atoms with Crippen molar-refractivity contribution in [3.8, 4) is 11.5 Å². The Morgan fingerprint density at radius 2 is 1.73 bits per heavy atom. The molecule has 0 spiro atoms. The summed E-state index contributed by atoms with van der Waals surface area (Å²) in [4.78, 5) is 23.6. The number of hydrogen-bond acceptors (Lipinski definition) is 5. The van der Waals surface area contributed by atoms with E-state index in [1.807, 2.05) is 0 Å². The van der Waals surface area contributed by atoms with Gasteiger partial charge in [-0.1, -0.05) is 12.1 Å². The predicted octanol–water partition coefficient (Wildman–Crippen LogP) is 2.47. The van der Waals surface area contributed by atoms with Crippen LogP contribution in [0.3, 0.4) is 0 Å². The number of amides is 1. The number of carbonyl (C=O) groups is 2. The first-order valence-corrected chi connectivity index (χ1v) is 8.91. The number of halogens is 3. The van der Waals surface area contributed by atoms with Gasteiger partial charge in [-0.2, -0.15) is 24.9 Å². The fraction of sp³-hybridized carbons (Fsp3) is 0.500. The molecule has 1 aromatic rings. The zero-order valence-corrected chi connectivity index (χ0v) is 14.5. The van der Waals surface area contributed by atoms with Crippen LogP contribution in [0.25, 0.3) is 0 Å². The summed E-state index contributed by atoms with van der Waals surface area (Å²) in [6, 6.07) is 5.64. The molecule has 0 aliphatic carbocycles. The lowest BCUT2D eigenvalue weighted by Gasteiger charge is -2.33. The van der Waals surface area contributed by atoms with E-state index in [1.54, 1.807) is 11.8 Å². The molecular weight excluding hydrogens is 375 g/mol. The van der Waals surface area contributed by atoms with Gasteiger partial charge in [0.25, 0.3) is 5.91 Å². The van der Waals surface area contributed by atoms with Gasteiger partial charge in [0.1, 0.15) is 5.54 Å². The lowest BCUT2D eigenvalue weighted by Crippen LogP contribution is -2.57. The molecule has 1 amide bonds. The number of carbonyl (C=O) groups excluding carboxylic acids is 1. The fourth-order valence-electron chi connectivity index (χ4n) is 2.41. The maximum atomic E-state index is 12.3. The Morgan fingerprint density at radius 1 is 1.15 bits per heavy atom. The highest BCUT2D eigenvalue weighted by Gasteiger charge is 2.41. The van der Waals surface area contributed by atoms with Crippen LogP contribution in [0.2, 0.25) is 0 Å². The topological polar surface area (TPSA) is 84.9 Å². The highest BCUT2D eigenvalue weighted by atomic mass is 32.2. The van der Waals surface area contributed by atoms with Gasteiger partial charge >= 0.3 is 12.1 Å². The second-order valence-electron chi connectivity index (χ2n) is 5.69. The van der Waals surface area contributed by atoms with Crippen LogP contribution < -0.4 is 14.8 Å². The number of nitrogens with one attached hydrogen (secondary N) is 1. The summed E-state index contributed by atoms with van der Waals surface area (Å²) in [5.41, 5.74) is -1.34. The van der Waals surface area contributed by atoms with Crippen molar-refractivity contribution in [2.75, 3.05) is 24.7 Å². The monoisotopic (exact) mass is 393 g/mol.